The SMILES string of the molecule is COc1ccc(N/C=C(/C#N)C(=O)N/C=N/OCc2ccc([N+](=O)[O-])cc2)cc1. The molecule has 0 aromatic heterocycles. The summed E-state index contributed by atoms with van der Waals surface area (Å²) in [4.78, 5) is 27.0. The van der Waals surface area contributed by atoms with E-state index in [9.17, 15) is 14.9 Å². The number of nitro groups is 1. The molecule has 0 spiro atoms. The summed E-state index contributed by atoms with van der Waals surface area (Å²) in [5.74, 6) is 0.0129. The Balaban J connectivity index is 1.80. The van der Waals surface area contributed by atoms with Crippen LogP contribution in [0.4, 0.5) is 11.4 Å². The van der Waals surface area contributed by atoms with E-state index in [0.29, 0.717) is 17.0 Å². The number of anilines is 1. The first-order chi connectivity index (χ1) is 14.0. The predicted molar refractivity (Wildman–Crippen MR) is 105 cm³/mol. The van der Waals surface area contributed by atoms with E-state index in [1.807, 2.05) is 0 Å². The molecule has 0 saturated carbocycles. The molecular formula is C19H17N5O5. The van der Waals surface area contributed by atoms with Gasteiger partial charge in [-0.1, -0.05) is 5.16 Å². The van der Waals surface area contributed by atoms with E-state index in [4.69, 9.17) is 14.8 Å². The first kappa shape index (κ1) is 20.9. The average Bonchev–Trinajstić information content (AvgIpc) is 2.74. The van der Waals surface area contributed by atoms with E-state index in [0.717, 1.165) is 6.34 Å². The number of ether oxygens (including phenoxy) is 1. The first-order valence-corrected chi connectivity index (χ1v) is 8.22. The highest BCUT2D eigenvalue weighted by atomic mass is 16.6. The second kappa shape index (κ2) is 10.7. The number of nitrogens with one attached hydrogen (secondary N) is 2. The molecule has 0 unspecified atom stereocenters. The average molecular weight is 395 g/mol. The minimum absolute atomic E-state index is 0.0245. The summed E-state index contributed by atoms with van der Waals surface area (Å²) >= 11 is 0. The molecule has 0 aliphatic rings. The zero-order valence-electron chi connectivity index (χ0n) is 15.4. The van der Waals surface area contributed by atoms with Crippen LogP contribution in [0.5, 0.6) is 5.75 Å². The fourth-order valence-corrected chi connectivity index (χ4v) is 2.02. The molecule has 2 aromatic rings. The zero-order chi connectivity index (χ0) is 21.1. The summed E-state index contributed by atoms with van der Waals surface area (Å²) in [6.45, 7) is 0.0599. The lowest BCUT2D eigenvalue weighted by atomic mass is 10.2. The van der Waals surface area contributed by atoms with Crippen LogP contribution < -0.4 is 15.4 Å². The number of nitrogens with zero attached hydrogens (tertiary/aromatic N) is 3. The number of carbonyl (C=O) groups is 1. The van der Waals surface area contributed by atoms with Gasteiger partial charge in [0.1, 0.15) is 30.3 Å². The lowest BCUT2D eigenvalue weighted by Crippen LogP contribution is -2.23. The Bertz CT molecular complexity index is 946. The fourth-order valence-electron chi connectivity index (χ4n) is 2.02. The Labute approximate surface area is 166 Å². The van der Waals surface area contributed by atoms with Gasteiger partial charge in [-0.2, -0.15) is 5.26 Å². The van der Waals surface area contributed by atoms with Gasteiger partial charge in [0.2, 0.25) is 0 Å². The summed E-state index contributed by atoms with van der Waals surface area (Å²) in [6.07, 6.45) is 2.27. The Morgan fingerprint density at radius 2 is 1.93 bits per heavy atom. The van der Waals surface area contributed by atoms with Crippen LogP contribution in [-0.2, 0) is 16.2 Å². The van der Waals surface area contributed by atoms with Gasteiger partial charge >= 0.3 is 0 Å². The van der Waals surface area contributed by atoms with Gasteiger partial charge < -0.3 is 20.2 Å². The van der Waals surface area contributed by atoms with Crippen LogP contribution >= 0.6 is 0 Å². The predicted octanol–water partition coefficient (Wildman–Crippen LogP) is 2.70. The van der Waals surface area contributed by atoms with Gasteiger partial charge in [0.25, 0.3) is 11.6 Å². The van der Waals surface area contributed by atoms with Crippen molar-refractivity contribution in [3.05, 3.63) is 76.0 Å². The van der Waals surface area contributed by atoms with Gasteiger partial charge in [0.05, 0.1) is 12.0 Å². The molecule has 0 aliphatic carbocycles. The molecule has 0 bridgehead atoms. The third kappa shape index (κ3) is 6.69. The van der Waals surface area contributed by atoms with Crippen LogP contribution in [0.25, 0.3) is 0 Å². The van der Waals surface area contributed by atoms with Gasteiger partial charge in [0.15, 0.2) is 0 Å². The number of hydrogen-bond acceptors (Lipinski definition) is 8. The highest BCUT2D eigenvalue weighted by molar-refractivity contribution is 6.03. The van der Waals surface area contributed by atoms with Crippen molar-refractivity contribution in [3.63, 3.8) is 0 Å². The third-order valence-electron chi connectivity index (χ3n) is 3.54. The van der Waals surface area contributed by atoms with E-state index in [2.05, 4.69) is 15.8 Å². The molecule has 0 atom stereocenters. The second-order valence-electron chi connectivity index (χ2n) is 5.45. The lowest BCUT2D eigenvalue weighted by molar-refractivity contribution is -0.384. The van der Waals surface area contributed by atoms with Crippen LogP contribution in [0.3, 0.4) is 0 Å². The fraction of sp³-hybridized carbons (Fsp3) is 0.105. The molecule has 2 aromatic carbocycles. The number of rotatable bonds is 9. The second-order valence-corrected chi connectivity index (χ2v) is 5.45. The molecule has 1 amide bonds. The number of nitriles is 1. The number of non-ortho nitro benzene ring substituents is 1. The smallest absolute Gasteiger partial charge is 0.269 e. The Kier molecular flexibility index (Phi) is 7.71. The van der Waals surface area contributed by atoms with E-state index < -0.39 is 10.8 Å². The number of amides is 1. The van der Waals surface area contributed by atoms with E-state index >= 15 is 0 Å². The van der Waals surface area contributed by atoms with Gasteiger partial charge in [0, 0.05) is 24.0 Å². The summed E-state index contributed by atoms with van der Waals surface area (Å²) < 4.78 is 5.05. The first-order valence-electron chi connectivity index (χ1n) is 8.22. The largest absolute Gasteiger partial charge is 0.497 e. The molecular weight excluding hydrogens is 378 g/mol. The van der Waals surface area contributed by atoms with Crippen molar-refractivity contribution in [2.45, 2.75) is 6.61 Å². The molecule has 148 valence electrons. The van der Waals surface area contributed by atoms with Gasteiger partial charge in [-0.3, -0.25) is 14.9 Å². The maximum atomic E-state index is 12.0. The van der Waals surface area contributed by atoms with Crippen molar-refractivity contribution in [1.29, 1.82) is 5.26 Å². The monoisotopic (exact) mass is 395 g/mol. The maximum Gasteiger partial charge on any atom is 0.269 e. The van der Waals surface area contributed by atoms with Crippen molar-refractivity contribution < 1.29 is 19.3 Å². The van der Waals surface area contributed by atoms with E-state index in [-0.39, 0.29) is 17.9 Å². The van der Waals surface area contributed by atoms with E-state index in [1.54, 1.807) is 37.4 Å². The summed E-state index contributed by atoms with van der Waals surface area (Å²) in [5.41, 5.74) is 1.15. The van der Waals surface area contributed by atoms with Crippen LogP contribution in [0.1, 0.15) is 5.56 Å². The standard InChI is InChI=1S/C19H17N5O5/c1-28-18-8-4-16(5-9-18)21-11-15(10-20)19(25)22-13-23-29-12-14-2-6-17(7-3-14)24(26)27/h2-9,11,13,21H,12H2,1H3,(H,22,23,25)/b15-11-. The van der Waals surface area contributed by atoms with Crippen molar-refractivity contribution in [1.82, 2.24) is 5.32 Å². The lowest BCUT2D eigenvalue weighted by Gasteiger charge is -2.04. The molecule has 29 heavy (non-hydrogen) atoms. The van der Waals surface area contributed by atoms with Crippen LogP contribution in [0.2, 0.25) is 0 Å². The van der Waals surface area contributed by atoms with Gasteiger partial charge in [-0.25, -0.2) is 0 Å². The highest BCUT2D eigenvalue weighted by Gasteiger charge is 2.07. The minimum Gasteiger partial charge on any atom is -0.497 e. The summed E-state index contributed by atoms with van der Waals surface area (Å²) in [7, 11) is 1.55. The quantitative estimate of drug-likeness (QED) is 0.166. The van der Waals surface area contributed by atoms with Crippen molar-refractivity contribution in [3.8, 4) is 11.8 Å². The summed E-state index contributed by atoms with van der Waals surface area (Å²) in [5, 5.41) is 28.4. The molecule has 10 nitrogen and oxygen atoms in total. The number of nitro benzene ring substituents is 1. The molecule has 2 N–H and O–H groups in total. The number of benzene rings is 2. The van der Waals surface area contributed by atoms with E-state index in [1.165, 1.54) is 30.5 Å². The topological polar surface area (TPSA) is 139 Å². The minimum atomic E-state index is -0.670. The van der Waals surface area contributed by atoms with Crippen LogP contribution in [-0.4, -0.2) is 24.3 Å². The number of methoxy groups -OCH3 is 1. The number of carbonyl (C=O) groups excluding carboxylic acids is 1. The molecule has 2 rings (SSSR count). The van der Waals surface area contributed by atoms with Crippen molar-refractivity contribution in [2.75, 3.05) is 12.4 Å². The van der Waals surface area contributed by atoms with Crippen molar-refractivity contribution >= 4 is 23.6 Å². The third-order valence-corrected chi connectivity index (χ3v) is 3.54. The molecule has 0 radical (unpaired) electrons. The Morgan fingerprint density at radius 3 is 2.52 bits per heavy atom. The summed E-state index contributed by atoms with van der Waals surface area (Å²) in [6, 6.07) is 14.5. The van der Waals surface area contributed by atoms with Crippen LogP contribution in [0, 0.1) is 21.4 Å². The van der Waals surface area contributed by atoms with Crippen LogP contribution in [0.15, 0.2) is 65.5 Å². The maximum absolute atomic E-state index is 12.0. The number of hydrogen-bond donors (Lipinski definition) is 2. The molecule has 0 saturated heterocycles. The molecule has 0 aliphatic heterocycles. The number of oxime groups is 1. The highest BCUT2D eigenvalue weighted by Crippen LogP contribution is 2.15. The molecule has 10 heteroatoms. The molecule has 0 heterocycles. The normalized spacial score (nSPS) is 10.8. The zero-order valence-corrected chi connectivity index (χ0v) is 15.4. The molecule has 0 fully saturated rings. The Morgan fingerprint density at radius 1 is 1.24 bits per heavy atom. The van der Waals surface area contributed by atoms with Crippen molar-refractivity contribution in [2.24, 2.45) is 5.16 Å². The Hall–Kier alpha value is -4.39. The van der Waals surface area contributed by atoms with Gasteiger partial charge in [-0.05, 0) is 42.0 Å². The van der Waals surface area contributed by atoms with Gasteiger partial charge in [-0.15, -0.1) is 0 Å².